The van der Waals surface area contributed by atoms with E-state index in [-0.39, 0.29) is 0 Å². The molecule has 0 bridgehead atoms. The molecule has 4 N–H and O–H groups in total. The van der Waals surface area contributed by atoms with Crippen molar-refractivity contribution in [2.75, 3.05) is 13.7 Å². The molecule has 0 spiro atoms. The molecule has 1 rings (SSSR count). The summed E-state index contributed by atoms with van der Waals surface area (Å²) in [5, 5.41) is 28.5. The van der Waals surface area contributed by atoms with Gasteiger partial charge in [-0.25, -0.2) is 10.3 Å². The Morgan fingerprint density at radius 1 is 1.50 bits per heavy atom. The Morgan fingerprint density at radius 2 is 2.17 bits per heavy atom. The number of methoxy groups -OCH3 is 1. The van der Waals surface area contributed by atoms with Gasteiger partial charge < -0.3 is 24.8 Å². The molecule has 1 aliphatic heterocycles. The van der Waals surface area contributed by atoms with Crippen molar-refractivity contribution in [1.82, 2.24) is 5.48 Å². The van der Waals surface area contributed by atoms with Crippen LogP contribution in [0, 0.1) is 0 Å². The van der Waals surface area contributed by atoms with Crippen LogP contribution in [0.15, 0.2) is 12.7 Å². The molecule has 0 aromatic rings. The molecule has 1 heterocycles. The number of rotatable bonds is 5. The number of aliphatic hydroxyl groups excluding tert-OH is 3. The first-order valence-corrected chi connectivity index (χ1v) is 5.28. The van der Waals surface area contributed by atoms with E-state index in [4.69, 9.17) is 19.4 Å². The van der Waals surface area contributed by atoms with Crippen LogP contribution in [-0.4, -0.2) is 65.6 Å². The fraction of sp³-hybridized carbons (Fsp3) is 0.700. The minimum Gasteiger partial charge on any atom is -0.394 e. The number of hydrogen-bond acceptors (Lipinski definition) is 7. The molecular formula is C10H17NO7. The van der Waals surface area contributed by atoms with E-state index in [1.54, 1.807) is 0 Å². The zero-order valence-electron chi connectivity index (χ0n) is 9.85. The third-order valence-electron chi connectivity index (χ3n) is 2.56. The second kappa shape index (κ2) is 6.78. The Balaban J connectivity index is 2.66. The molecule has 1 fully saturated rings. The predicted octanol–water partition coefficient (Wildman–Crippen LogP) is -2.33. The number of aliphatic hydroxyl groups is 3. The van der Waals surface area contributed by atoms with E-state index in [2.05, 4.69) is 6.58 Å². The van der Waals surface area contributed by atoms with Crippen LogP contribution in [-0.2, 0) is 19.1 Å². The van der Waals surface area contributed by atoms with Crippen molar-refractivity contribution in [2.45, 2.75) is 30.7 Å². The van der Waals surface area contributed by atoms with Crippen molar-refractivity contribution >= 4 is 5.91 Å². The van der Waals surface area contributed by atoms with Crippen molar-refractivity contribution in [2.24, 2.45) is 0 Å². The molecule has 0 saturated carbocycles. The van der Waals surface area contributed by atoms with Crippen LogP contribution in [0.25, 0.3) is 0 Å². The van der Waals surface area contributed by atoms with E-state index in [1.165, 1.54) is 7.11 Å². The van der Waals surface area contributed by atoms with Crippen molar-refractivity contribution in [3.05, 3.63) is 12.7 Å². The first kappa shape index (κ1) is 15.0. The summed E-state index contributed by atoms with van der Waals surface area (Å²) in [7, 11) is 1.29. The molecule has 8 nitrogen and oxygen atoms in total. The molecule has 1 unspecified atom stereocenters. The molecule has 18 heavy (non-hydrogen) atoms. The Hall–Kier alpha value is -1.03. The monoisotopic (exact) mass is 263 g/mol. The minimum absolute atomic E-state index is 0.483. The van der Waals surface area contributed by atoms with Crippen molar-refractivity contribution < 1.29 is 34.4 Å². The van der Waals surface area contributed by atoms with Crippen LogP contribution in [0.3, 0.4) is 0 Å². The van der Waals surface area contributed by atoms with Crippen molar-refractivity contribution in [3.8, 4) is 0 Å². The normalized spacial score (nSPS) is 36.1. The topological polar surface area (TPSA) is 117 Å². The lowest BCUT2D eigenvalue weighted by molar-refractivity contribution is -0.315. The second-order valence-corrected chi connectivity index (χ2v) is 3.70. The lowest BCUT2D eigenvalue weighted by Gasteiger charge is -2.40. The highest BCUT2D eigenvalue weighted by Crippen LogP contribution is 2.23. The average molecular weight is 263 g/mol. The Kier molecular flexibility index (Phi) is 5.66. The maximum absolute atomic E-state index is 10.9. The van der Waals surface area contributed by atoms with Gasteiger partial charge in [0.25, 0.3) is 5.91 Å². The number of carbonyl (C=O) groups is 1. The molecule has 1 aliphatic rings. The van der Waals surface area contributed by atoms with Gasteiger partial charge in [0.1, 0.15) is 24.4 Å². The number of ether oxygens (including phenoxy) is 2. The average Bonchev–Trinajstić information content (AvgIpc) is 2.38. The van der Waals surface area contributed by atoms with E-state index < -0.39 is 43.2 Å². The number of hydroxylamine groups is 1. The fourth-order valence-electron chi connectivity index (χ4n) is 1.59. The molecule has 0 aromatic heterocycles. The van der Waals surface area contributed by atoms with Gasteiger partial charge in [-0.3, -0.25) is 4.79 Å². The number of carbonyl (C=O) groups excluding carboxylic acids is 1. The molecule has 0 aliphatic carbocycles. The summed E-state index contributed by atoms with van der Waals surface area (Å²) >= 11 is 0. The Labute approximate surface area is 104 Å². The van der Waals surface area contributed by atoms with Crippen LogP contribution in [0.5, 0.6) is 0 Å². The summed E-state index contributed by atoms with van der Waals surface area (Å²) in [6, 6.07) is 0. The molecule has 1 amide bonds. The third kappa shape index (κ3) is 3.25. The number of nitrogens with one attached hydrogen (secondary N) is 1. The second-order valence-electron chi connectivity index (χ2n) is 3.70. The summed E-state index contributed by atoms with van der Waals surface area (Å²) in [4.78, 5) is 15.7. The highest BCUT2D eigenvalue weighted by molar-refractivity contribution is 5.85. The van der Waals surface area contributed by atoms with Gasteiger partial charge >= 0.3 is 0 Å². The predicted molar refractivity (Wildman–Crippen MR) is 58.0 cm³/mol. The van der Waals surface area contributed by atoms with Crippen LogP contribution >= 0.6 is 0 Å². The zero-order valence-corrected chi connectivity index (χ0v) is 9.85. The highest BCUT2D eigenvalue weighted by atomic mass is 16.8. The van der Waals surface area contributed by atoms with E-state index >= 15 is 0 Å². The molecule has 1 saturated heterocycles. The maximum Gasteiger partial charge on any atom is 0.267 e. The lowest BCUT2D eigenvalue weighted by atomic mass is 9.99. The van der Waals surface area contributed by atoms with Gasteiger partial charge in [-0.1, -0.05) is 6.58 Å². The SMILES string of the molecule is C=CC(=O)NOC1O[C@H](CO)[C@@H](O)[C@H](OC)[C@H]1O. The summed E-state index contributed by atoms with van der Waals surface area (Å²) in [6.45, 7) is 2.73. The summed E-state index contributed by atoms with van der Waals surface area (Å²) in [6.07, 6.45) is -4.80. The van der Waals surface area contributed by atoms with Gasteiger partial charge in [-0.2, -0.15) is 0 Å². The molecule has 8 heteroatoms. The minimum atomic E-state index is -1.32. The van der Waals surface area contributed by atoms with E-state index in [0.29, 0.717) is 0 Å². The van der Waals surface area contributed by atoms with Gasteiger partial charge in [-0.05, 0) is 6.08 Å². The smallest absolute Gasteiger partial charge is 0.267 e. The van der Waals surface area contributed by atoms with Crippen LogP contribution in [0.2, 0.25) is 0 Å². The Bertz CT molecular complexity index is 298. The van der Waals surface area contributed by atoms with Crippen LogP contribution in [0.1, 0.15) is 0 Å². The van der Waals surface area contributed by atoms with Crippen LogP contribution < -0.4 is 5.48 Å². The summed E-state index contributed by atoms with van der Waals surface area (Å²) in [5.74, 6) is -0.619. The maximum atomic E-state index is 10.9. The first-order valence-electron chi connectivity index (χ1n) is 5.28. The quantitative estimate of drug-likeness (QED) is 0.325. The van der Waals surface area contributed by atoms with Crippen LogP contribution in [0.4, 0.5) is 0 Å². The van der Waals surface area contributed by atoms with Gasteiger partial charge in [0, 0.05) is 7.11 Å². The van der Waals surface area contributed by atoms with Gasteiger partial charge in [0.05, 0.1) is 6.61 Å². The fourth-order valence-corrected chi connectivity index (χ4v) is 1.59. The molecule has 5 atom stereocenters. The van der Waals surface area contributed by atoms with Gasteiger partial charge in [0.15, 0.2) is 0 Å². The highest BCUT2D eigenvalue weighted by Gasteiger charge is 2.45. The van der Waals surface area contributed by atoms with E-state index in [9.17, 15) is 15.0 Å². The third-order valence-corrected chi connectivity index (χ3v) is 2.56. The van der Waals surface area contributed by atoms with Gasteiger partial charge in [0.2, 0.25) is 6.29 Å². The molecule has 104 valence electrons. The summed E-state index contributed by atoms with van der Waals surface area (Å²) < 4.78 is 9.99. The Morgan fingerprint density at radius 3 is 2.67 bits per heavy atom. The van der Waals surface area contributed by atoms with Crippen molar-refractivity contribution in [3.63, 3.8) is 0 Å². The number of hydrogen-bond donors (Lipinski definition) is 4. The number of amides is 1. The molecule has 0 radical (unpaired) electrons. The molecule has 0 aromatic carbocycles. The van der Waals surface area contributed by atoms with E-state index in [1.807, 2.05) is 5.48 Å². The summed E-state index contributed by atoms with van der Waals surface area (Å²) in [5.41, 5.74) is 1.98. The standard InChI is InChI=1S/C10H17NO7/c1-3-6(13)11-18-10-8(15)9(16-2)7(14)5(4-12)17-10/h3,5,7-10,12,14-15H,1,4H2,2H3,(H,11,13)/t5-,7-,8-,9+,10?/m1/s1. The van der Waals surface area contributed by atoms with E-state index in [0.717, 1.165) is 6.08 Å². The lowest BCUT2D eigenvalue weighted by Crippen LogP contribution is -2.60. The zero-order chi connectivity index (χ0) is 13.7. The largest absolute Gasteiger partial charge is 0.394 e. The van der Waals surface area contributed by atoms with Crippen molar-refractivity contribution in [1.29, 1.82) is 0 Å². The van der Waals surface area contributed by atoms with Gasteiger partial charge in [-0.15, -0.1) is 0 Å². The first-order chi connectivity index (χ1) is 8.54. The molecular weight excluding hydrogens is 246 g/mol.